The van der Waals surface area contributed by atoms with Gasteiger partial charge in [0.2, 0.25) is 0 Å². The lowest BCUT2D eigenvalue weighted by molar-refractivity contribution is 1.16. The molecule has 0 N–H and O–H groups in total. The molecular weight excluding hydrogens is 777 g/mol. The summed E-state index contributed by atoms with van der Waals surface area (Å²) < 4.78 is 5.06. The summed E-state index contributed by atoms with van der Waals surface area (Å²) in [6.07, 6.45) is 0. The van der Waals surface area contributed by atoms with Crippen molar-refractivity contribution in [3.63, 3.8) is 0 Å². The molecule has 12 rings (SSSR count). The summed E-state index contributed by atoms with van der Waals surface area (Å²) in [6.45, 7) is 0. The number of aromatic nitrogens is 2. The molecule has 0 unspecified atom stereocenters. The second-order valence-electron chi connectivity index (χ2n) is 16.4. The molecule has 0 amide bonds. The molecular formula is C60H42N2Si. The van der Waals surface area contributed by atoms with Gasteiger partial charge in [-0.3, -0.25) is 0 Å². The number of nitrogens with zero attached hydrogens (tertiary/aromatic N) is 2. The molecule has 0 aliphatic carbocycles. The van der Waals surface area contributed by atoms with E-state index in [1.165, 1.54) is 86.6 Å². The lowest BCUT2D eigenvalue weighted by atomic mass is 10.0. The first-order valence-corrected chi connectivity index (χ1v) is 23.8. The van der Waals surface area contributed by atoms with Gasteiger partial charge in [-0.15, -0.1) is 0 Å². The van der Waals surface area contributed by atoms with Crippen LogP contribution in [-0.2, 0) is 0 Å². The van der Waals surface area contributed by atoms with Gasteiger partial charge in [0.1, 0.15) is 0 Å². The van der Waals surface area contributed by atoms with E-state index < -0.39 is 8.07 Å². The van der Waals surface area contributed by atoms with Crippen LogP contribution in [0.15, 0.2) is 255 Å². The van der Waals surface area contributed by atoms with Gasteiger partial charge < -0.3 is 9.13 Å². The highest BCUT2D eigenvalue weighted by molar-refractivity contribution is 7.20. The molecule has 0 saturated heterocycles. The van der Waals surface area contributed by atoms with E-state index in [2.05, 4.69) is 264 Å². The minimum absolute atomic E-state index is 1.13. The van der Waals surface area contributed by atoms with Crippen molar-refractivity contribution in [2.24, 2.45) is 0 Å². The molecule has 0 saturated carbocycles. The fraction of sp³-hybridized carbons (Fsp3) is 0. The van der Waals surface area contributed by atoms with Crippen molar-refractivity contribution in [2.75, 3.05) is 0 Å². The molecule has 63 heavy (non-hydrogen) atoms. The van der Waals surface area contributed by atoms with E-state index in [9.17, 15) is 0 Å². The van der Waals surface area contributed by atoms with Gasteiger partial charge in [-0.1, -0.05) is 218 Å². The molecule has 296 valence electrons. The quantitative estimate of drug-likeness (QED) is 0.107. The summed E-state index contributed by atoms with van der Waals surface area (Å²) >= 11 is 0. The van der Waals surface area contributed by atoms with Crippen molar-refractivity contribution in [1.29, 1.82) is 0 Å². The maximum absolute atomic E-state index is 3.07. The van der Waals surface area contributed by atoms with E-state index in [1.54, 1.807) is 0 Å². The van der Waals surface area contributed by atoms with Crippen molar-refractivity contribution < 1.29 is 0 Å². The van der Waals surface area contributed by atoms with E-state index in [0.29, 0.717) is 0 Å². The van der Waals surface area contributed by atoms with Gasteiger partial charge in [0, 0.05) is 32.8 Å². The Bertz CT molecular complexity index is 3500. The Kier molecular flexibility index (Phi) is 8.87. The van der Waals surface area contributed by atoms with E-state index >= 15 is 0 Å². The van der Waals surface area contributed by atoms with Crippen LogP contribution in [0.5, 0.6) is 0 Å². The Morgan fingerprint density at radius 2 is 0.746 bits per heavy atom. The Hall–Kier alpha value is -7.98. The third-order valence-electron chi connectivity index (χ3n) is 13.0. The van der Waals surface area contributed by atoms with Crippen molar-refractivity contribution in [3.8, 4) is 33.6 Å². The molecule has 12 aromatic rings. The van der Waals surface area contributed by atoms with Crippen LogP contribution in [0.2, 0.25) is 0 Å². The molecule has 0 radical (unpaired) electrons. The van der Waals surface area contributed by atoms with Crippen LogP contribution in [0.3, 0.4) is 0 Å². The van der Waals surface area contributed by atoms with Gasteiger partial charge in [-0.25, -0.2) is 0 Å². The third-order valence-corrected chi connectivity index (χ3v) is 17.8. The number of para-hydroxylation sites is 3. The smallest absolute Gasteiger partial charge is 0.181 e. The average molecular weight is 819 g/mol. The van der Waals surface area contributed by atoms with E-state index in [0.717, 1.165) is 11.4 Å². The monoisotopic (exact) mass is 818 g/mol. The Morgan fingerprint density at radius 1 is 0.286 bits per heavy atom. The minimum Gasteiger partial charge on any atom is -0.309 e. The fourth-order valence-corrected chi connectivity index (χ4v) is 15.4. The van der Waals surface area contributed by atoms with Crippen molar-refractivity contribution in [2.45, 2.75) is 0 Å². The highest BCUT2D eigenvalue weighted by Gasteiger charge is 2.44. The first-order chi connectivity index (χ1) is 31.3. The number of rotatable bonds is 8. The summed E-state index contributed by atoms with van der Waals surface area (Å²) in [7, 11) is -3.07. The summed E-state index contributed by atoms with van der Waals surface area (Å²) in [5, 5.41) is 10.3. The van der Waals surface area contributed by atoms with Crippen LogP contribution < -0.4 is 20.7 Å². The van der Waals surface area contributed by atoms with Crippen LogP contribution in [-0.4, -0.2) is 17.2 Å². The Labute approximate surface area is 368 Å². The van der Waals surface area contributed by atoms with Gasteiger partial charge in [-0.2, -0.15) is 0 Å². The van der Waals surface area contributed by atoms with Crippen molar-refractivity contribution in [3.05, 3.63) is 255 Å². The van der Waals surface area contributed by atoms with Gasteiger partial charge in [0.05, 0.1) is 27.8 Å². The molecule has 3 heteroatoms. The predicted octanol–water partition coefficient (Wildman–Crippen LogP) is 12.6. The zero-order valence-corrected chi connectivity index (χ0v) is 35.6. The van der Waals surface area contributed by atoms with Crippen LogP contribution in [0, 0.1) is 0 Å². The van der Waals surface area contributed by atoms with Gasteiger partial charge in [0.15, 0.2) is 8.07 Å². The second kappa shape index (κ2) is 15.2. The molecule has 2 nitrogen and oxygen atoms in total. The van der Waals surface area contributed by atoms with E-state index in [4.69, 9.17) is 0 Å². The minimum atomic E-state index is -3.07. The number of fused-ring (bicyclic) bond motifs is 6. The zero-order valence-electron chi connectivity index (χ0n) is 34.6. The molecule has 0 aliphatic rings. The molecule has 0 atom stereocenters. The van der Waals surface area contributed by atoms with Gasteiger partial charge in [0.25, 0.3) is 0 Å². The lowest BCUT2D eigenvalue weighted by Gasteiger charge is -2.35. The zero-order chi connectivity index (χ0) is 41.7. The SMILES string of the molecule is c1ccc(-c2cc([Si](c3ccccc3)(c3ccccc3)c3ccccc3)c3c(c2)c2ccccc2n3-c2ccc3c4ccccc4n(-c4ccccc4-c4ccccc4)c3c2)cc1. The van der Waals surface area contributed by atoms with Crippen LogP contribution in [0.1, 0.15) is 0 Å². The van der Waals surface area contributed by atoms with Crippen LogP contribution in [0.4, 0.5) is 0 Å². The highest BCUT2D eigenvalue weighted by atomic mass is 28.3. The highest BCUT2D eigenvalue weighted by Crippen LogP contribution is 2.40. The number of hydrogen-bond donors (Lipinski definition) is 0. The Balaban J connectivity index is 1.25. The maximum atomic E-state index is 2.58. The summed E-state index contributed by atoms with van der Waals surface area (Å²) in [5.74, 6) is 0. The Morgan fingerprint density at radius 3 is 1.35 bits per heavy atom. The summed E-state index contributed by atoms with van der Waals surface area (Å²) in [6, 6.07) is 94.5. The molecule has 0 bridgehead atoms. The molecule has 0 fully saturated rings. The standard InChI is InChI=1S/C60H42N2Si/c1-6-22-43(23-7-1)45-40-54-52-34-18-20-36-56(52)61(60(54)59(41-45)63(47-26-10-3-11-27-47,48-28-12-4-13-29-48)49-30-14-5-15-31-49)46-38-39-53-51-33-17-21-37-57(51)62(58(53)42-46)55-35-19-16-32-50(55)44-24-8-2-9-25-44/h1-42H. The fourth-order valence-electron chi connectivity index (χ4n) is 10.4. The first-order valence-electron chi connectivity index (χ1n) is 21.8. The van der Waals surface area contributed by atoms with Crippen LogP contribution in [0.25, 0.3) is 77.2 Å². The topological polar surface area (TPSA) is 9.86 Å². The molecule has 0 aliphatic heterocycles. The van der Waals surface area contributed by atoms with Crippen molar-refractivity contribution in [1.82, 2.24) is 9.13 Å². The second-order valence-corrected chi connectivity index (χ2v) is 20.2. The van der Waals surface area contributed by atoms with Crippen LogP contribution >= 0.6 is 0 Å². The molecule has 10 aromatic carbocycles. The molecule has 2 heterocycles. The largest absolute Gasteiger partial charge is 0.309 e. The van der Waals surface area contributed by atoms with Gasteiger partial charge >= 0.3 is 0 Å². The molecule has 2 aromatic heterocycles. The summed E-state index contributed by atoms with van der Waals surface area (Å²) in [4.78, 5) is 0. The normalized spacial score (nSPS) is 11.8. The number of benzene rings is 10. The average Bonchev–Trinajstić information content (AvgIpc) is 3.88. The maximum Gasteiger partial charge on any atom is 0.181 e. The van der Waals surface area contributed by atoms with Gasteiger partial charge in [-0.05, 0) is 73.8 Å². The third kappa shape index (κ3) is 5.85. The van der Waals surface area contributed by atoms with E-state index in [-0.39, 0.29) is 0 Å². The number of hydrogen-bond acceptors (Lipinski definition) is 0. The van der Waals surface area contributed by atoms with Crippen molar-refractivity contribution >= 4 is 72.4 Å². The predicted molar refractivity (Wildman–Crippen MR) is 270 cm³/mol. The first kappa shape index (κ1) is 36.8. The van der Waals surface area contributed by atoms with E-state index in [1.807, 2.05) is 0 Å². The summed E-state index contributed by atoms with van der Waals surface area (Å²) in [5.41, 5.74) is 11.9. The lowest BCUT2D eigenvalue weighted by Crippen LogP contribution is -2.75. The molecule has 0 spiro atoms.